The molecule has 226 valence electrons. The van der Waals surface area contributed by atoms with Crippen LogP contribution in [0.3, 0.4) is 0 Å². The maximum atomic E-state index is 9.27. The number of fused-ring (bicyclic) bond motifs is 4. The molecule has 7 aromatic carbocycles. The molecule has 0 bridgehead atoms. The summed E-state index contributed by atoms with van der Waals surface area (Å²) in [4.78, 5) is 14.5. The van der Waals surface area contributed by atoms with E-state index in [2.05, 4.69) is 6.07 Å². The first-order valence-corrected chi connectivity index (χ1v) is 15.1. The second-order valence-electron chi connectivity index (χ2n) is 10.9. The van der Waals surface area contributed by atoms with Crippen molar-refractivity contribution in [2.24, 2.45) is 0 Å². The Hall–Kier alpha value is -6.59. The van der Waals surface area contributed by atoms with Crippen molar-refractivity contribution in [1.29, 1.82) is 0 Å². The summed E-state index contributed by atoms with van der Waals surface area (Å²) in [7, 11) is 0. The molecule has 0 spiro atoms. The Morgan fingerprint density at radius 1 is 0.479 bits per heavy atom. The lowest BCUT2D eigenvalue weighted by Gasteiger charge is -2.13. The summed E-state index contributed by atoms with van der Waals surface area (Å²) in [6, 6.07) is 28.9. The third-order valence-corrected chi connectivity index (χ3v) is 8.01. The van der Waals surface area contributed by atoms with Gasteiger partial charge in [-0.3, -0.25) is 0 Å². The van der Waals surface area contributed by atoms with Crippen molar-refractivity contribution in [3.63, 3.8) is 0 Å². The third kappa shape index (κ3) is 4.95. The van der Waals surface area contributed by atoms with Crippen LogP contribution in [0.15, 0.2) is 168 Å². The smallest absolute Gasteiger partial charge is 0.164 e. The summed E-state index contributed by atoms with van der Waals surface area (Å²) in [5.74, 6) is -0.0617. The van der Waals surface area contributed by atoms with Gasteiger partial charge < -0.3 is 9.15 Å². The van der Waals surface area contributed by atoms with Crippen LogP contribution in [-0.4, -0.2) is 15.0 Å². The fourth-order valence-electron chi connectivity index (χ4n) is 5.82. The highest BCUT2D eigenvalue weighted by Gasteiger charge is 2.18. The van der Waals surface area contributed by atoms with Gasteiger partial charge in [0, 0.05) is 32.8 Å². The fourth-order valence-corrected chi connectivity index (χ4v) is 5.82. The first kappa shape index (κ1) is 19.8. The van der Waals surface area contributed by atoms with Crippen molar-refractivity contribution in [2.45, 2.75) is 0 Å². The van der Waals surface area contributed by atoms with Gasteiger partial charge in [-0.25, -0.2) is 15.0 Å². The molecule has 48 heavy (non-hydrogen) atoms. The molecule has 5 heteroatoms. The van der Waals surface area contributed by atoms with E-state index in [9.17, 15) is 1.37 Å². The van der Waals surface area contributed by atoms with Gasteiger partial charge in [0.1, 0.15) is 22.7 Å². The molecule has 9 aromatic rings. The van der Waals surface area contributed by atoms with Crippen molar-refractivity contribution in [2.75, 3.05) is 0 Å². The number of ether oxygens (including phenoxy) is 1. The maximum Gasteiger partial charge on any atom is 0.164 e. The third-order valence-electron chi connectivity index (χ3n) is 8.01. The van der Waals surface area contributed by atoms with E-state index in [1.165, 1.54) is 6.07 Å². The lowest BCUT2D eigenvalue weighted by Crippen LogP contribution is -2.00. The predicted molar refractivity (Wildman–Crippen MR) is 193 cm³/mol. The number of rotatable bonds is 6. The standard InChI is InChI=1S/C43H27N3O2/c1-4-13-28(14-5-1)32-21-12-22-38-40(32)36-24-23-30(27-39(36)48-38)42-44-41(29-15-6-2-7-16-29)45-43(46-42)35-25-26-37(34-20-11-10-19-33(34)35)47-31-17-8-3-9-18-31/h1-27H/i3D,8D,9D,10D,11D,17D,19D,20D,25D. The molecule has 0 unspecified atom stereocenters. The number of aromatic nitrogens is 3. The normalized spacial score (nSPS) is 14.0. The minimum Gasteiger partial charge on any atom is -0.457 e. The van der Waals surface area contributed by atoms with E-state index < -0.39 is 42.3 Å². The molecule has 0 aliphatic heterocycles. The summed E-state index contributed by atoms with van der Waals surface area (Å²) in [6.45, 7) is 0. The zero-order valence-corrected chi connectivity index (χ0v) is 25.1. The highest BCUT2D eigenvalue weighted by atomic mass is 16.5. The van der Waals surface area contributed by atoms with Gasteiger partial charge in [-0.1, -0.05) is 121 Å². The van der Waals surface area contributed by atoms with Crippen LogP contribution in [0.25, 0.3) is 78.0 Å². The van der Waals surface area contributed by atoms with Gasteiger partial charge in [0.25, 0.3) is 0 Å². The molecule has 9 rings (SSSR count). The molecule has 2 aromatic heterocycles. The highest BCUT2D eigenvalue weighted by Crippen LogP contribution is 2.39. The van der Waals surface area contributed by atoms with Gasteiger partial charge in [0.15, 0.2) is 17.5 Å². The second-order valence-corrected chi connectivity index (χ2v) is 10.9. The average molecular weight is 627 g/mol. The van der Waals surface area contributed by atoms with Gasteiger partial charge in [-0.2, -0.15) is 0 Å². The molecule has 0 saturated carbocycles. The molecule has 0 fully saturated rings. The molecule has 0 amide bonds. The van der Waals surface area contributed by atoms with Crippen molar-refractivity contribution in [3.05, 3.63) is 164 Å². The van der Waals surface area contributed by atoms with Crippen LogP contribution in [0.1, 0.15) is 12.3 Å². The van der Waals surface area contributed by atoms with Crippen molar-refractivity contribution < 1.29 is 21.5 Å². The number of hydrogen-bond donors (Lipinski definition) is 0. The maximum absolute atomic E-state index is 9.27. The first-order valence-electron chi connectivity index (χ1n) is 19.6. The Balaban J connectivity index is 1.28. The summed E-state index contributed by atoms with van der Waals surface area (Å²) in [6.07, 6.45) is 0. The van der Waals surface area contributed by atoms with E-state index in [0.29, 0.717) is 22.3 Å². The van der Waals surface area contributed by atoms with Crippen LogP contribution in [0.5, 0.6) is 11.5 Å². The van der Waals surface area contributed by atoms with Crippen LogP contribution >= 0.6 is 0 Å². The zero-order chi connectivity index (χ0) is 39.7. The van der Waals surface area contributed by atoms with Crippen molar-refractivity contribution >= 4 is 32.7 Å². The highest BCUT2D eigenvalue weighted by molar-refractivity contribution is 6.13. The molecule has 5 nitrogen and oxygen atoms in total. The Bertz CT molecular complexity index is 3100. The SMILES string of the molecule is [2H]c1cc(Oc2cc([2H])c(-c3nc(-c4ccccc4)nc(-c4ccc5c(c4)oc4cccc(-c6ccccc6)c45)n3)c3c([2H])c([2H])c([2H])c([2H])c23)c([2H])c([2H])c1[2H]. The Labute approximate surface area is 289 Å². The molecule has 2 heterocycles. The molecule has 0 saturated heterocycles. The predicted octanol–water partition coefficient (Wildman–Crippen LogP) is 11.4. The molecule has 0 radical (unpaired) electrons. The van der Waals surface area contributed by atoms with Gasteiger partial charge >= 0.3 is 0 Å². The van der Waals surface area contributed by atoms with Crippen LogP contribution < -0.4 is 4.74 Å². The quantitative estimate of drug-likeness (QED) is 0.184. The lowest BCUT2D eigenvalue weighted by atomic mass is 9.99. The lowest BCUT2D eigenvalue weighted by molar-refractivity contribution is 0.488. The number of furan rings is 1. The largest absolute Gasteiger partial charge is 0.457 e. The van der Waals surface area contributed by atoms with E-state index in [1.807, 2.05) is 91.0 Å². The zero-order valence-electron chi connectivity index (χ0n) is 34.1. The number of nitrogens with zero attached hydrogens (tertiary/aromatic N) is 3. The number of benzene rings is 7. The number of para-hydroxylation sites is 1. The van der Waals surface area contributed by atoms with Crippen molar-refractivity contribution in [3.8, 4) is 56.8 Å². The van der Waals surface area contributed by atoms with E-state index in [-0.39, 0.29) is 57.4 Å². The van der Waals surface area contributed by atoms with E-state index in [4.69, 9.17) is 35.1 Å². The summed E-state index contributed by atoms with van der Waals surface area (Å²) >= 11 is 0. The van der Waals surface area contributed by atoms with Crippen LogP contribution in [-0.2, 0) is 0 Å². The Kier molecular flexibility index (Phi) is 4.81. The Morgan fingerprint density at radius 3 is 2.04 bits per heavy atom. The monoisotopic (exact) mass is 626 g/mol. The molecule has 0 atom stereocenters. The van der Waals surface area contributed by atoms with Gasteiger partial charge in [-0.05, 0) is 58.9 Å². The van der Waals surface area contributed by atoms with Crippen LogP contribution in [0.2, 0.25) is 0 Å². The Morgan fingerprint density at radius 2 is 1.21 bits per heavy atom. The molecule has 0 aliphatic carbocycles. The summed E-state index contributed by atoms with van der Waals surface area (Å²) in [5.41, 5.74) is 4.55. The average Bonchev–Trinajstić information content (AvgIpc) is 3.62. The van der Waals surface area contributed by atoms with E-state index in [1.54, 1.807) is 0 Å². The molecular weight excluding hydrogens is 590 g/mol. The van der Waals surface area contributed by atoms with E-state index in [0.717, 1.165) is 28.0 Å². The summed E-state index contributed by atoms with van der Waals surface area (Å²) < 4.78 is 89.2. The molecule has 0 aliphatic rings. The topological polar surface area (TPSA) is 61.0 Å². The fraction of sp³-hybridized carbons (Fsp3) is 0. The van der Waals surface area contributed by atoms with Crippen molar-refractivity contribution in [1.82, 2.24) is 15.0 Å². The van der Waals surface area contributed by atoms with Crippen LogP contribution in [0, 0.1) is 0 Å². The van der Waals surface area contributed by atoms with E-state index >= 15 is 0 Å². The second kappa shape index (κ2) is 11.6. The first-order chi connectivity index (χ1) is 27.5. The minimum atomic E-state index is -0.563. The van der Waals surface area contributed by atoms with Gasteiger partial charge in [0.05, 0.1) is 12.3 Å². The molecular formula is C43H27N3O2. The van der Waals surface area contributed by atoms with Crippen LogP contribution in [0.4, 0.5) is 0 Å². The summed E-state index contributed by atoms with van der Waals surface area (Å²) in [5, 5.41) is 1.61. The minimum absolute atomic E-state index is 0.0162. The van der Waals surface area contributed by atoms with Gasteiger partial charge in [-0.15, -0.1) is 0 Å². The molecule has 0 N–H and O–H groups in total. The van der Waals surface area contributed by atoms with Gasteiger partial charge in [0.2, 0.25) is 0 Å². The number of hydrogen-bond acceptors (Lipinski definition) is 5.